The Hall–Kier alpha value is -1.36. The summed E-state index contributed by atoms with van der Waals surface area (Å²) in [6.45, 7) is 7.53. The fraction of sp³-hybridized carbons (Fsp3) is 0.500. The average molecular weight is 283 g/mol. The fourth-order valence-corrected chi connectivity index (χ4v) is 3.33. The van der Waals surface area contributed by atoms with Crippen molar-refractivity contribution in [2.45, 2.75) is 44.7 Å². The number of carbonyl (C=O) groups excluding carboxylic acids is 1. The van der Waals surface area contributed by atoms with Crippen molar-refractivity contribution < 1.29 is 13.2 Å². The van der Waals surface area contributed by atoms with Crippen LogP contribution in [-0.2, 0) is 14.6 Å². The summed E-state index contributed by atoms with van der Waals surface area (Å²) in [4.78, 5) is 14.0. The summed E-state index contributed by atoms with van der Waals surface area (Å²) in [7, 11) is -3.56. The van der Waals surface area contributed by atoms with E-state index in [9.17, 15) is 13.2 Å². The maximum Gasteiger partial charge on any atom is 0.238 e. The first-order valence-electron chi connectivity index (χ1n) is 6.34. The molecule has 0 aromatic heterocycles. The fourth-order valence-electron chi connectivity index (χ4n) is 2.12. The van der Waals surface area contributed by atoms with Gasteiger partial charge >= 0.3 is 0 Å². The molecule has 0 aliphatic heterocycles. The number of hydrogen-bond donors (Lipinski definition) is 0. The lowest BCUT2D eigenvalue weighted by molar-refractivity contribution is -0.131. The van der Waals surface area contributed by atoms with Crippen LogP contribution in [0.15, 0.2) is 35.2 Å². The van der Waals surface area contributed by atoms with E-state index < -0.39 is 15.6 Å². The van der Waals surface area contributed by atoms with Gasteiger partial charge in [0, 0.05) is 12.1 Å². The molecule has 1 rings (SSSR count). The molecule has 0 heterocycles. The summed E-state index contributed by atoms with van der Waals surface area (Å²) in [5, 5.41) is 0. The molecule has 1 aromatic rings. The number of carbonyl (C=O) groups is 1. The summed E-state index contributed by atoms with van der Waals surface area (Å²) >= 11 is 0. The van der Waals surface area contributed by atoms with Crippen LogP contribution in [0.5, 0.6) is 0 Å². The molecule has 0 saturated heterocycles. The predicted molar refractivity (Wildman–Crippen MR) is 75.6 cm³/mol. The molecule has 1 aromatic carbocycles. The Morgan fingerprint density at radius 1 is 1.05 bits per heavy atom. The van der Waals surface area contributed by atoms with Crippen LogP contribution < -0.4 is 0 Å². The van der Waals surface area contributed by atoms with Gasteiger partial charge in [-0.05, 0) is 39.8 Å². The minimum atomic E-state index is -3.56. The van der Waals surface area contributed by atoms with E-state index in [4.69, 9.17) is 0 Å². The number of amides is 1. The van der Waals surface area contributed by atoms with E-state index in [-0.39, 0.29) is 22.9 Å². The number of nitrogens with zero attached hydrogens (tertiary/aromatic N) is 1. The molecule has 0 spiro atoms. The second-order valence-electron chi connectivity index (χ2n) is 5.06. The molecule has 5 heteroatoms. The molecule has 0 fully saturated rings. The normalized spacial score (nSPS) is 11.9. The Bertz CT molecular complexity index is 513. The third-order valence-electron chi connectivity index (χ3n) is 2.82. The highest BCUT2D eigenvalue weighted by molar-refractivity contribution is 7.92. The topological polar surface area (TPSA) is 54.5 Å². The molecule has 0 radical (unpaired) electrons. The average Bonchev–Trinajstić information content (AvgIpc) is 2.28. The monoisotopic (exact) mass is 283 g/mol. The lowest BCUT2D eigenvalue weighted by atomic mass is 10.2. The Labute approximate surface area is 115 Å². The summed E-state index contributed by atoms with van der Waals surface area (Å²) in [6, 6.07) is 8.04. The number of rotatable bonds is 5. The molecule has 0 saturated carbocycles. The lowest BCUT2D eigenvalue weighted by Crippen LogP contribution is -2.44. The minimum Gasteiger partial charge on any atom is -0.337 e. The SMILES string of the molecule is CC(C)N(C(=O)CS(=O)(=O)c1ccccc1)C(C)C. The maximum atomic E-state index is 12.2. The first kappa shape index (κ1) is 15.7. The third kappa shape index (κ3) is 4.06. The van der Waals surface area contributed by atoms with Gasteiger partial charge in [-0.1, -0.05) is 18.2 Å². The van der Waals surface area contributed by atoms with Crippen LogP contribution in [0.2, 0.25) is 0 Å². The second kappa shape index (κ2) is 6.19. The van der Waals surface area contributed by atoms with Crippen molar-refractivity contribution in [1.82, 2.24) is 4.90 Å². The zero-order valence-corrected chi connectivity index (χ0v) is 12.6. The van der Waals surface area contributed by atoms with Gasteiger partial charge in [-0.15, -0.1) is 0 Å². The zero-order valence-electron chi connectivity index (χ0n) is 11.8. The first-order valence-corrected chi connectivity index (χ1v) is 8.00. The van der Waals surface area contributed by atoms with Crippen molar-refractivity contribution in [1.29, 1.82) is 0 Å². The molecule has 19 heavy (non-hydrogen) atoms. The van der Waals surface area contributed by atoms with Crippen molar-refractivity contribution in [2.75, 3.05) is 5.75 Å². The van der Waals surface area contributed by atoms with Crippen molar-refractivity contribution >= 4 is 15.7 Å². The number of benzene rings is 1. The van der Waals surface area contributed by atoms with E-state index in [1.807, 2.05) is 27.7 Å². The molecule has 0 N–H and O–H groups in total. The van der Waals surface area contributed by atoms with Crippen LogP contribution in [0.25, 0.3) is 0 Å². The Kier molecular flexibility index (Phi) is 5.11. The van der Waals surface area contributed by atoms with Gasteiger partial charge in [0.05, 0.1) is 4.90 Å². The molecule has 1 amide bonds. The van der Waals surface area contributed by atoms with Gasteiger partial charge in [-0.25, -0.2) is 8.42 Å². The van der Waals surface area contributed by atoms with Gasteiger partial charge in [0.15, 0.2) is 9.84 Å². The van der Waals surface area contributed by atoms with Gasteiger partial charge in [-0.2, -0.15) is 0 Å². The van der Waals surface area contributed by atoms with Crippen molar-refractivity contribution in [3.63, 3.8) is 0 Å². The van der Waals surface area contributed by atoms with Crippen molar-refractivity contribution in [3.8, 4) is 0 Å². The smallest absolute Gasteiger partial charge is 0.238 e. The highest BCUT2D eigenvalue weighted by Crippen LogP contribution is 2.13. The summed E-state index contributed by atoms with van der Waals surface area (Å²) in [5.74, 6) is -0.832. The maximum absolute atomic E-state index is 12.2. The van der Waals surface area contributed by atoms with Crippen LogP contribution in [0, 0.1) is 0 Å². The molecule has 0 aliphatic carbocycles. The summed E-state index contributed by atoms with van der Waals surface area (Å²) in [6.07, 6.45) is 0. The first-order chi connectivity index (χ1) is 8.75. The molecule has 106 valence electrons. The summed E-state index contributed by atoms with van der Waals surface area (Å²) < 4.78 is 24.3. The Morgan fingerprint density at radius 2 is 1.53 bits per heavy atom. The van der Waals surface area contributed by atoms with Gasteiger partial charge in [0.1, 0.15) is 5.75 Å². The highest BCUT2D eigenvalue weighted by Gasteiger charge is 2.26. The van der Waals surface area contributed by atoms with Crippen molar-refractivity contribution in [2.24, 2.45) is 0 Å². The second-order valence-corrected chi connectivity index (χ2v) is 7.05. The van der Waals surface area contributed by atoms with Crippen LogP contribution in [0.4, 0.5) is 0 Å². The van der Waals surface area contributed by atoms with E-state index in [0.29, 0.717) is 0 Å². The van der Waals surface area contributed by atoms with Gasteiger partial charge in [-0.3, -0.25) is 4.79 Å². The number of sulfone groups is 1. The molecule has 0 bridgehead atoms. The zero-order chi connectivity index (χ0) is 14.6. The van der Waals surface area contributed by atoms with E-state index >= 15 is 0 Å². The minimum absolute atomic E-state index is 0.0153. The van der Waals surface area contributed by atoms with Crippen LogP contribution in [-0.4, -0.2) is 37.1 Å². The van der Waals surface area contributed by atoms with E-state index in [2.05, 4.69) is 0 Å². The quantitative estimate of drug-likeness (QED) is 0.831. The highest BCUT2D eigenvalue weighted by atomic mass is 32.2. The molecular formula is C14H21NO3S. The molecule has 0 atom stereocenters. The third-order valence-corrected chi connectivity index (χ3v) is 4.43. The van der Waals surface area contributed by atoms with Crippen LogP contribution >= 0.6 is 0 Å². The van der Waals surface area contributed by atoms with Crippen molar-refractivity contribution in [3.05, 3.63) is 30.3 Å². The molecule has 4 nitrogen and oxygen atoms in total. The molecule has 0 aliphatic rings. The van der Waals surface area contributed by atoms with Crippen LogP contribution in [0.3, 0.4) is 0 Å². The molecule has 0 unspecified atom stereocenters. The van der Waals surface area contributed by atoms with Gasteiger partial charge in [0.25, 0.3) is 0 Å². The predicted octanol–water partition coefficient (Wildman–Crippen LogP) is 2.11. The largest absolute Gasteiger partial charge is 0.337 e. The molecular weight excluding hydrogens is 262 g/mol. The van der Waals surface area contributed by atoms with Crippen LogP contribution in [0.1, 0.15) is 27.7 Å². The lowest BCUT2D eigenvalue weighted by Gasteiger charge is -2.30. The summed E-state index contributed by atoms with van der Waals surface area (Å²) in [5.41, 5.74) is 0. The van der Waals surface area contributed by atoms with E-state index in [1.54, 1.807) is 23.1 Å². The Balaban J connectivity index is 2.93. The Morgan fingerprint density at radius 3 is 1.95 bits per heavy atom. The van der Waals surface area contributed by atoms with E-state index in [1.165, 1.54) is 12.1 Å². The standard InChI is InChI=1S/C14H21NO3S/c1-11(2)15(12(3)4)14(16)10-19(17,18)13-8-6-5-7-9-13/h5-9,11-12H,10H2,1-4H3. The van der Waals surface area contributed by atoms with Gasteiger partial charge in [0.2, 0.25) is 5.91 Å². The number of hydrogen-bond acceptors (Lipinski definition) is 3. The van der Waals surface area contributed by atoms with E-state index in [0.717, 1.165) is 0 Å². The van der Waals surface area contributed by atoms with Gasteiger partial charge < -0.3 is 4.90 Å².